The average Bonchev–Trinajstić information content (AvgIpc) is 3.43. The molecular formula is C23H15NO4S. The third kappa shape index (κ3) is 3.13. The van der Waals surface area contributed by atoms with Gasteiger partial charge in [-0.05, 0) is 47.9 Å². The normalized spacial score (nSPS) is 17.8. The minimum absolute atomic E-state index is 0.246. The van der Waals surface area contributed by atoms with Crippen molar-refractivity contribution in [1.82, 2.24) is 0 Å². The van der Waals surface area contributed by atoms with Crippen molar-refractivity contribution in [3.63, 3.8) is 0 Å². The number of carbonyl (C=O) groups excluding carboxylic acids is 1. The minimum Gasteiger partial charge on any atom is -0.497 e. The molecule has 5 rings (SSSR count). The molecule has 142 valence electrons. The maximum absolute atomic E-state index is 12.7. The zero-order chi connectivity index (χ0) is 19.8. The molecule has 6 heteroatoms. The molecule has 0 saturated heterocycles. The largest absolute Gasteiger partial charge is 0.497 e. The Kier molecular flexibility index (Phi) is 4.26. The molecule has 0 unspecified atom stereocenters. The molecule has 0 saturated carbocycles. The van der Waals surface area contributed by atoms with Gasteiger partial charge in [-0.15, -0.1) is 11.3 Å². The number of esters is 1. The highest BCUT2D eigenvalue weighted by Crippen LogP contribution is 2.42. The van der Waals surface area contributed by atoms with Gasteiger partial charge in [0, 0.05) is 16.7 Å². The SMILES string of the molecule is COc1ccc2c(c1)/C(=C1\N=C(c3ccccc3)OC1=O)C=C(c1cccs1)O2. The predicted octanol–water partition coefficient (Wildman–Crippen LogP) is 4.90. The third-order valence-corrected chi connectivity index (χ3v) is 5.49. The van der Waals surface area contributed by atoms with E-state index in [1.165, 1.54) is 0 Å². The number of aliphatic imine (C=N–C) groups is 1. The molecule has 3 heterocycles. The van der Waals surface area contributed by atoms with E-state index in [0.29, 0.717) is 28.7 Å². The summed E-state index contributed by atoms with van der Waals surface area (Å²) in [7, 11) is 1.60. The van der Waals surface area contributed by atoms with E-state index in [2.05, 4.69) is 4.99 Å². The van der Waals surface area contributed by atoms with E-state index in [9.17, 15) is 4.79 Å². The van der Waals surface area contributed by atoms with Crippen LogP contribution < -0.4 is 9.47 Å². The highest BCUT2D eigenvalue weighted by Gasteiger charge is 2.31. The second-order valence-electron chi connectivity index (χ2n) is 6.38. The second kappa shape index (κ2) is 7.07. The number of fused-ring (bicyclic) bond motifs is 1. The molecule has 0 N–H and O–H groups in total. The van der Waals surface area contributed by atoms with Gasteiger partial charge >= 0.3 is 5.97 Å². The Morgan fingerprint density at radius 2 is 1.86 bits per heavy atom. The smallest absolute Gasteiger partial charge is 0.364 e. The van der Waals surface area contributed by atoms with Crippen molar-refractivity contribution in [2.75, 3.05) is 7.11 Å². The van der Waals surface area contributed by atoms with Gasteiger partial charge in [0.25, 0.3) is 0 Å². The summed E-state index contributed by atoms with van der Waals surface area (Å²) in [5.74, 6) is 1.76. The monoisotopic (exact) mass is 401 g/mol. The molecule has 0 aliphatic carbocycles. The third-order valence-electron chi connectivity index (χ3n) is 4.61. The number of ether oxygens (including phenoxy) is 3. The Bertz CT molecular complexity index is 1190. The molecule has 0 bridgehead atoms. The van der Waals surface area contributed by atoms with E-state index in [-0.39, 0.29) is 5.70 Å². The Morgan fingerprint density at radius 1 is 1.00 bits per heavy atom. The Labute approximate surface area is 171 Å². The molecular weight excluding hydrogens is 386 g/mol. The van der Waals surface area contributed by atoms with Crippen LogP contribution in [0.4, 0.5) is 0 Å². The molecule has 0 fully saturated rings. The van der Waals surface area contributed by atoms with Crippen molar-refractivity contribution >= 4 is 34.5 Å². The van der Waals surface area contributed by atoms with Crippen molar-refractivity contribution in [3.05, 3.63) is 93.8 Å². The maximum atomic E-state index is 12.7. The minimum atomic E-state index is -0.490. The highest BCUT2D eigenvalue weighted by atomic mass is 32.1. The van der Waals surface area contributed by atoms with Gasteiger partial charge in [-0.1, -0.05) is 24.3 Å². The molecule has 0 radical (unpaired) electrons. The number of hydrogen-bond donors (Lipinski definition) is 0. The number of methoxy groups -OCH3 is 1. The van der Waals surface area contributed by atoms with Crippen LogP contribution in [0.3, 0.4) is 0 Å². The van der Waals surface area contributed by atoms with Crippen LogP contribution in [0.15, 0.2) is 82.8 Å². The summed E-state index contributed by atoms with van der Waals surface area (Å²) in [6, 6.07) is 18.8. The molecule has 5 nitrogen and oxygen atoms in total. The van der Waals surface area contributed by atoms with Crippen LogP contribution in [0, 0.1) is 0 Å². The molecule has 2 aromatic carbocycles. The lowest BCUT2D eigenvalue weighted by molar-refractivity contribution is -0.129. The lowest BCUT2D eigenvalue weighted by atomic mass is 9.98. The van der Waals surface area contributed by atoms with Crippen molar-refractivity contribution < 1.29 is 19.0 Å². The van der Waals surface area contributed by atoms with Crippen molar-refractivity contribution in [3.8, 4) is 11.5 Å². The van der Waals surface area contributed by atoms with E-state index < -0.39 is 5.97 Å². The van der Waals surface area contributed by atoms with Gasteiger partial charge in [0.1, 0.15) is 17.3 Å². The summed E-state index contributed by atoms with van der Waals surface area (Å²) in [6.45, 7) is 0. The Hall–Kier alpha value is -3.64. The van der Waals surface area contributed by atoms with E-state index in [0.717, 1.165) is 16.0 Å². The van der Waals surface area contributed by atoms with Crippen molar-refractivity contribution in [1.29, 1.82) is 0 Å². The summed E-state index contributed by atoms with van der Waals surface area (Å²) in [6.07, 6.45) is 1.83. The van der Waals surface area contributed by atoms with Gasteiger partial charge in [0.2, 0.25) is 5.90 Å². The van der Waals surface area contributed by atoms with Crippen LogP contribution in [0.2, 0.25) is 0 Å². The number of hydrogen-bond acceptors (Lipinski definition) is 6. The summed E-state index contributed by atoms with van der Waals surface area (Å²) < 4.78 is 16.9. The van der Waals surface area contributed by atoms with Crippen LogP contribution in [0.25, 0.3) is 11.3 Å². The van der Waals surface area contributed by atoms with Crippen LogP contribution in [0.1, 0.15) is 16.0 Å². The number of cyclic esters (lactones) is 1. The first-order valence-electron chi connectivity index (χ1n) is 8.95. The van der Waals surface area contributed by atoms with Gasteiger partial charge < -0.3 is 14.2 Å². The first kappa shape index (κ1) is 17.5. The van der Waals surface area contributed by atoms with Crippen LogP contribution in [-0.2, 0) is 9.53 Å². The van der Waals surface area contributed by atoms with E-state index >= 15 is 0 Å². The maximum Gasteiger partial charge on any atom is 0.364 e. The molecule has 2 aliphatic rings. The molecule has 29 heavy (non-hydrogen) atoms. The highest BCUT2D eigenvalue weighted by molar-refractivity contribution is 7.11. The fourth-order valence-electron chi connectivity index (χ4n) is 3.21. The van der Waals surface area contributed by atoms with Crippen molar-refractivity contribution in [2.45, 2.75) is 0 Å². The first-order chi connectivity index (χ1) is 14.2. The molecule has 0 amide bonds. The number of thiophene rings is 1. The van der Waals surface area contributed by atoms with Crippen LogP contribution in [0.5, 0.6) is 11.5 Å². The van der Waals surface area contributed by atoms with Crippen LogP contribution in [-0.4, -0.2) is 19.0 Å². The zero-order valence-electron chi connectivity index (χ0n) is 15.4. The van der Waals surface area contributed by atoms with E-state index in [1.54, 1.807) is 18.4 Å². The van der Waals surface area contributed by atoms with Crippen molar-refractivity contribution in [2.24, 2.45) is 4.99 Å². The lowest BCUT2D eigenvalue weighted by Gasteiger charge is -2.20. The number of carbonyl (C=O) groups is 1. The molecule has 1 aromatic heterocycles. The molecule has 3 aromatic rings. The topological polar surface area (TPSA) is 57.1 Å². The first-order valence-corrected chi connectivity index (χ1v) is 9.83. The van der Waals surface area contributed by atoms with Gasteiger partial charge in [-0.2, -0.15) is 0 Å². The number of benzene rings is 2. The zero-order valence-corrected chi connectivity index (χ0v) is 16.2. The standard InChI is InChI=1S/C23H15NO4S/c1-26-15-9-10-18-16(12-15)17(13-19(27-18)20-8-5-11-29-20)21-23(25)28-22(24-21)14-6-3-2-4-7-14/h2-13H,1H3/b21-17-. The Balaban J connectivity index is 1.71. The van der Waals surface area contributed by atoms with Gasteiger partial charge in [-0.25, -0.2) is 9.79 Å². The average molecular weight is 401 g/mol. The number of nitrogens with zero attached hydrogens (tertiary/aromatic N) is 1. The quantitative estimate of drug-likeness (QED) is 0.462. The van der Waals surface area contributed by atoms with Gasteiger partial charge in [-0.3, -0.25) is 0 Å². The Morgan fingerprint density at radius 3 is 2.62 bits per heavy atom. The molecule has 0 spiro atoms. The molecule has 0 atom stereocenters. The number of allylic oxidation sites excluding steroid dienone is 2. The van der Waals surface area contributed by atoms with Crippen LogP contribution >= 0.6 is 11.3 Å². The molecule has 2 aliphatic heterocycles. The summed E-state index contributed by atoms with van der Waals surface area (Å²) in [4.78, 5) is 18.2. The lowest BCUT2D eigenvalue weighted by Crippen LogP contribution is -2.08. The summed E-state index contributed by atoms with van der Waals surface area (Å²) in [5.41, 5.74) is 2.37. The summed E-state index contributed by atoms with van der Waals surface area (Å²) in [5, 5.41) is 1.98. The van der Waals surface area contributed by atoms with E-state index in [1.807, 2.05) is 72.1 Å². The fraction of sp³-hybridized carbons (Fsp3) is 0.0435. The van der Waals surface area contributed by atoms with Gasteiger partial charge in [0.15, 0.2) is 5.70 Å². The predicted molar refractivity (Wildman–Crippen MR) is 112 cm³/mol. The second-order valence-corrected chi connectivity index (χ2v) is 7.33. The van der Waals surface area contributed by atoms with Gasteiger partial charge in [0.05, 0.1) is 12.0 Å². The summed E-state index contributed by atoms with van der Waals surface area (Å²) >= 11 is 1.56. The van der Waals surface area contributed by atoms with E-state index in [4.69, 9.17) is 14.2 Å². The fourth-order valence-corrected chi connectivity index (χ4v) is 3.89. The number of rotatable bonds is 3.